The van der Waals surface area contributed by atoms with Gasteiger partial charge < -0.3 is 5.32 Å². The van der Waals surface area contributed by atoms with E-state index in [1.54, 1.807) is 48.0 Å². The summed E-state index contributed by atoms with van der Waals surface area (Å²) in [6.45, 7) is 0. The van der Waals surface area contributed by atoms with Crippen molar-refractivity contribution in [2.24, 2.45) is 0 Å². The van der Waals surface area contributed by atoms with Crippen LogP contribution >= 0.6 is 11.3 Å². The molecule has 0 fully saturated rings. The molecule has 5 nitrogen and oxygen atoms in total. The molecule has 2 heterocycles. The molecule has 0 unspecified atom stereocenters. The predicted octanol–water partition coefficient (Wildman–Crippen LogP) is 5.09. The largest absolute Gasteiger partial charge is 0.339 e. The molecular weight excluding hydrogens is 394 g/mol. The second kappa shape index (κ2) is 6.57. The first-order valence-electron chi connectivity index (χ1n) is 10.1. The lowest BCUT2D eigenvalue weighted by molar-refractivity contribution is 0.0979. The van der Waals surface area contributed by atoms with E-state index in [1.807, 2.05) is 12.1 Å². The van der Waals surface area contributed by atoms with E-state index in [4.69, 9.17) is 0 Å². The highest BCUT2D eigenvalue weighted by Crippen LogP contribution is 2.40. The molecule has 2 aromatic carbocycles. The van der Waals surface area contributed by atoms with Crippen molar-refractivity contribution in [1.82, 2.24) is 9.97 Å². The van der Waals surface area contributed by atoms with Crippen molar-refractivity contribution in [3.8, 4) is 0 Å². The molecule has 0 bridgehead atoms. The van der Waals surface area contributed by atoms with Crippen molar-refractivity contribution in [3.05, 3.63) is 81.5 Å². The molecule has 2 aromatic heterocycles. The molecule has 0 atom stereocenters. The fourth-order valence-electron chi connectivity index (χ4n) is 4.56. The van der Waals surface area contributed by atoms with Crippen LogP contribution in [0.1, 0.15) is 55.1 Å². The van der Waals surface area contributed by atoms with Gasteiger partial charge in [0.15, 0.2) is 11.6 Å². The van der Waals surface area contributed by atoms with Gasteiger partial charge in [-0.3, -0.25) is 9.59 Å². The second-order valence-corrected chi connectivity index (χ2v) is 8.75. The minimum atomic E-state index is -0.138. The number of ketones is 2. The lowest BCUT2D eigenvalue weighted by atomic mass is 9.83. The quantitative estimate of drug-likeness (QED) is 0.438. The summed E-state index contributed by atoms with van der Waals surface area (Å²) in [5.74, 6) is 0.442. The van der Waals surface area contributed by atoms with Crippen molar-refractivity contribution < 1.29 is 9.59 Å². The van der Waals surface area contributed by atoms with E-state index in [0.29, 0.717) is 33.8 Å². The molecule has 1 N–H and O–H groups in total. The van der Waals surface area contributed by atoms with Gasteiger partial charge in [0.1, 0.15) is 17.0 Å². The first-order chi connectivity index (χ1) is 14.7. The average Bonchev–Trinajstić information content (AvgIpc) is 3.17. The van der Waals surface area contributed by atoms with Crippen LogP contribution in [0, 0.1) is 0 Å². The van der Waals surface area contributed by atoms with Crippen LogP contribution in [0.5, 0.6) is 0 Å². The molecule has 0 spiro atoms. The Morgan fingerprint density at radius 3 is 2.47 bits per heavy atom. The number of aryl methyl sites for hydroxylation is 2. The fraction of sp³-hybridized carbons (Fsp3) is 0.167. The molecule has 0 radical (unpaired) electrons. The maximum absolute atomic E-state index is 13.3. The van der Waals surface area contributed by atoms with Gasteiger partial charge in [-0.15, -0.1) is 11.3 Å². The summed E-state index contributed by atoms with van der Waals surface area (Å²) < 4.78 is 0. The molecule has 6 rings (SSSR count). The number of hydrogen-bond donors (Lipinski definition) is 1. The molecule has 6 heteroatoms. The molecule has 0 saturated heterocycles. The Labute approximate surface area is 176 Å². The monoisotopic (exact) mass is 411 g/mol. The zero-order valence-electron chi connectivity index (χ0n) is 16.1. The maximum Gasteiger partial charge on any atom is 0.196 e. The SMILES string of the molecule is O=C1c2ccccc2C(=O)c2c(Nc3ncnc4sc5c(c34)CCCC5)cccc21. The number of carbonyl (C=O) groups is 2. The Morgan fingerprint density at radius 1 is 0.833 bits per heavy atom. The minimum Gasteiger partial charge on any atom is -0.339 e. The number of carbonyl (C=O) groups excluding carboxylic acids is 2. The highest BCUT2D eigenvalue weighted by Gasteiger charge is 2.31. The van der Waals surface area contributed by atoms with E-state index in [9.17, 15) is 9.59 Å². The molecule has 0 aliphatic heterocycles. The third-order valence-corrected chi connectivity index (χ3v) is 7.16. The van der Waals surface area contributed by atoms with Crippen LogP contribution in [-0.2, 0) is 12.8 Å². The lowest BCUT2D eigenvalue weighted by Crippen LogP contribution is -2.22. The number of nitrogens with zero attached hydrogens (tertiary/aromatic N) is 2. The van der Waals surface area contributed by atoms with Gasteiger partial charge >= 0.3 is 0 Å². The summed E-state index contributed by atoms with van der Waals surface area (Å²) in [6, 6.07) is 12.4. The molecule has 146 valence electrons. The van der Waals surface area contributed by atoms with E-state index in [2.05, 4.69) is 15.3 Å². The predicted molar refractivity (Wildman–Crippen MR) is 117 cm³/mol. The van der Waals surface area contributed by atoms with E-state index in [-0.39, 0.29) is 11.6 Å². The van der Waals surface area contributed by atoms with Crippen molar-refractivity contribution in [2.75, 3.05) is 5.32 Å². The Morgan fingerprint density at radius 2 is 1.60 bits per heavy atom. The zero-order chi connectivity index (χ0) is 20.2. The van der Waals surface area contributed by atoms with Crippen LogP contribution in [0.15, 0.2) is 48.8 Å². The normalized spacial score (nSPS) is 14.9. The molecule has 4 aromatic rings. The molecule has 0 amide bonds. The first-order valence-corrected chi connectivity index (χ1v) is 10.9. The van der Waals surface area contributed by atoms with Crippen molar-refractivity contribution in [3.63, 3.8) is 0 Å². The summed E-state index contributed by atoms with van der Waals surface area (Å²) in [4.78, 5) is 37.6. The third kappa shape index (κ3) is 2.47. The Bertz CT molecular complexity index is 1370. The summed E-state index contributed by atoms with van der Waals surface area (Å²) in [5.41, 5.74) is 3.69. The van der Waals surface area contributed by atoms with Crippen molar-refractivity contribution in [1.29, 1.82) is 0 Å². The molecule has 0 saturated carbocycles. The summed E-state index contributed by atoms with van der Waals surface area (Å²) in [6.07, 6.45) is 6.04. The van der Waals surface area contributed by atoms with E-state index in [0.717, 1.165) is 29.5 Å². The molecule has 2 aliphatic rings. The summed E-state index contributed by atoms with van der Waals surface area (Å²) in [7, 11) is 0. The van der Waals surface area contributed by atoms with E-state index in [1.165, 1.54) is 16.9 Å². The fourth-order valence-corrected chi connectivity index (χ4v) is 5.79. The van der Waals surface area contributed by atoms with Gasteiger partial charge in [-0.1, -0.05) is 36.4 Å². The van der Waals surface area contributed by atoms with Gasteiger partial charge in [-0.2, -0.15) is 0 Å². The van der Waals surface area contributed by atoms with Gasteiger partial charge in [0, 0.05) is 21.6 Å². The average molecular weight is 411 g/mol. The third-order valence-electron chi connectivity index (χ3n) is 5.96. The number of aromatic nitrogens is 2. The highest BCUT2D eigenvalue weighted by molar-refractivity contribution is 7.19. The van der Waals surface area contributed by atoms with Gasteiger partial charge in [0.2, 0.25) is 0 Å². The van der Waals surface area contributed by atoms with Crippen LogP contribution in [-0.4, -0.2) is 21.5 Å². The van der Waals surface area contributed by atoms with Gasteiger partial charge in [-0.25, -0.2) is 9.97 Å². The van der Waals surface area contributed by atoms with Crippen LogP contribution in [0.2, 0.25) is 0 Å². The minimum absolute atomic E-state index is 0.121. The summed E-state index contributed by atoms with van der Waals surface area (Å²) >= 11 is 1.73. The number of nitrogens with one attached hydrogen (secondary N) is 1. The smallest absolute Gasteiger partial charge is 0.196 e. The van der Waals surface area contributed by atoms with E-state index >= 15 is 0 Å². The van der Waals surface area contributed by atoms with Gasteiger partial charge in [0.25, 0.3) is 0 Å². The van der Waals surface area contributed by atoms with Crippen LogP contribution in [0.4, 0.5) is 11.5 Å². The standard InChI is InChI=1S/C24H17N3O2S/c28-21-13-6-1-2-7-14(13)22(29)19-16(21)9-5-10-17(19)27-23-20-15-8-3-4-11-18(15)30-24(20)26-12-25-23/h1-2,5-7,9-10,12H,3-4,8,11H2,(H,25,26,27). The van der Waals surface area contributed by atoms with Gasteiger partial charge in [0.05, 0.1) is 16.6 Å². The van der Waals surface area contributed by atoms with Crippen molar-refractivity contribution in [2.45, 2.75) is 25.7 Å². The Balaban J connectivity index is 1.51. The first kappa shape index (κ1) is 17.5. The number of hydrogen-bond acceptors (Lipinski definition) is 6. The van der Waals surface area contributed by atoms with Crippen LogP contribution in [0.25, 0.3) is 10.2 Å². The molecule has 2 aliphatic carbocycles. The van der Waals surface area contributed by atoms with Crippen LogP contribution in [0.3, 0.4) is 0 Å². The highest BCUT2D eigenvalue weighted by atomic mass is 32.1. The molecular formula is C24H17N3O2S. The topological polar surface area (TPSA) is 72.0 Å². The Hall–Kier alpha value is -3.38. The number of fused-ring (bicyclic) bond motifs is 5. The maximum atomic E-state index is 13.3. The Kier molecular flexibility index (Phi) is 3.83. The lowest BCUT2D eigenvalue weighted by Gasteiger charge is -2.21. The number of anilines is 2. The van der Waals surface area contributed by atoms with Gasteiger partial charge in [-0.05, 0) is 37.3 Å². The van der Waals surface area contributed by atoms with Crippen molar-refractivity contribution >= 4 is 44.6 Å². The number of benzene rings is 2. The van der Waals surface area contributed by atoms with E-state index < -0.39 is 0 Å². The number of thiophene rings is 1. The number of rotatable bonds is 2. The zero-order valence-corrected chi connectivity index (χ0v) is 16.9. The second-order valence-electron chi connectivity index (χ2n) is 7.67. The molecule has 30 heavy (non-hydrogen) atoms. The van der Waals surface area contributed by atoms with Crippen LogP contribution < -0.4 is 5.32 Å². The summed E-state index contributed by atoms with van der Waals surface area (Å²) in [5, 5.41) is 4.42.